The van der Waals surface area contributed by atoms with E-state index >= 15 is 0 Å². The molecule has 4 atom stereocenters. The third kappa shape index (κ3) is 17.4. The van der Waals surface area contributed by atoms with Crippen molar-refractivity contribution in [2.75, 3.05) is 52.9 Å². The molecule has 0 saturated carbocycles. The van der Waals surface area contributed by atoms with Gasteiger partial charge in [0.15, 0.2) is 0 Å². The summed E-state index contributed by atoms with van der Waals surface area (Å²) in [7, 11) is 0. The fourth-order valence-corrected chi connectivity index (χ4v) is 5.24. The molecule has 0 spiro atoms. The third-order valence-electron chi connectivity index (χ3n) is 8.49. The molecule has 0 saturated heterocycles. The second-order valence-corrected chi connectivity index (χ2v) is 14.6. The molecule has 0 aliphatic rings. The van der Waals surface area contributed by atoms with Crippen molar-refractivity contribution >= 4 is 23.9 Å². The molecule has 340 valence electrons. The smallest absolute Gasteiger partial charge is 0.333 e. The summed E-state index contributed by atoms with van der Waals surface area (Å²) >= 11 is 0. The molecular weight excluding hydrogens is 821 g/mol. The lowest BCUT2D eigenvalue weighted by Crippen LogP contribution is -2.26. The zero-order chi connectivity index (χ0) is 46.6. The third-order valence-corrected chi connectivity index (χ3v) is 8.49. The Kier molecular flexibility index (Phi) is 20.6. The van der Waals surface area contributed by atoms with Crippen molar-refractivity contribution < 1.29 is 77.5 Å². The van der Waals surface area contributed by atoms with Gasteiger partial charge in [0.1, 0.15) is 100 Å². The number of carbonyl (C=O) groups is 4. The lowest BCUT2D eigenvalue weighted by atomic mass is 9.84. The lowest BCUT2D eigenvalue weighted by Gasteiger charge is -2.26. The molecule has 3 aromatic rings. The van der Waals surface area contributed by atoms with Crippen LogP contribution >= 0.6 is 0 Å². The van der Waals surface area contributed by atoms with E-state index in [1.807, 2.05) is 30.3 Å². The average molecular weight is 877 g/mol. The first-order chi connectivity index (χ1) is 29.9. The fourth-order valence-electron chi connectivity index (χ4n) is 5.24. The van der Waals surface area contributed by atoms with Gasteiger partial charge >= 0.3 is 23.9 Å². The van der Waals surface area contributed by atoms with Gasteiger partial charge in [-0.3, -0.25) is 0 Å². The summed E-state index contributed by atoms with van der Waals surface area (Å²) in [5.74, 6) is -2.59. The van der Waals surface area contributed by atoms with E-state index in [9.17, 15) is 39.6 Å². The summed E-state index contributed by atoms with van der Waals surface area (Å²) in [5.41, 5.74) is 2.38. The zero-order valence-corrected chi connectivity index (χ0v) is 35.9. The largest absolute Gasteiger partial charge is 0.491 e. The molecule has 0 amide bonds. The highest BCUT2D eigenvalue weighted by Gasteiger charge is 2.27. The maximum absolute atomic E-state index is 12.0. The van der Waals surface area contributed by atoms with E-state index in [0.717, 1.165) is 5.56 Å². The first-order valence-electron chi connectivity index (χ1n) is 19.7. The molecule has 0 heterocycles. The highest BCUT2D eigenvalue weighted by Crippen LogP contribution is 2.43. The van der Waals surface area contributed by atoms with Crippen LogP contribution in [0.3, 0.4) is 0 Å². The number of ether oxygens (including phenoxy) is 8. The first kappa shape index (κ1) is 50.9. The number of benzene rings is 3. The van der Waals surface area contributed by atoms with E-state index in [1.165, 1.54) is 39.8 Å². The summed E-state index contributed by atoms with van der Waals surface area (Å²) in [6.45, 7) is 17.3. The minimum atomic E-state index is -1.28. The molecule has 0 aliphatic carbocycles. The van der Waals surface area contributed by atoms with Crippen LogP contribution in [0.5, 0.6) is 23.0 Å². The number of rotatable bonds is 27. The predicted octanol–water partition coefficient (Wildman–Crippen LogP) is 4.30. The topological polar surface area (TPSA) is 223 Å². The van der Waals surface area contributed by atoms with Crippen LogP contribution in [0.1, 0.15) is 50.3 Å². The second-order valence-electron chi connectivity index (χ2n) is 14.6. The maximum atomic E-state index is 12.0. The molecule has 4 N–H and O–H groups in total. The number of hydrogen-bond acceptors (Lipinski definition) is 16. The SMILES string of the molecule is C=C(C)C(=O)OCC(O)COc1ccc(C(c2ccccc2)c2ccc(OCC(O)COC(=O)C(=C)C)cc2OCC(O)COC(=O)C(=C)C)c(OCC(O)COC(=O)C(=C)C)c1. The Morgan fingerprint density at radius 3 is 1.05 bits per heavy atom. The summed E-state index contributed by atoms with van der Waals surface area (Å²) < 4.78 is 44.4. The average Bonchev–Trinajstić information content (AvgIpc) is 3.26. The van der Waals surface area contributed by atoms with E-state index in [-0.39, 0.29) is 84.9 Å². The Morgan fingerprint density at radius 1 is 0.444 bits per heavy atom. The molecule has 3 rings (SSSR count). The molecular formula is C47H56O16. The van der Waals surface area contributed by atoms with Crippen LogP contribution in [0.15, 0.2) is 115 Å². The van der Waals surface area contributed by atoms with Gasteiger partial charge in [0.2, 0.25) is 0 Å². The van der Waals surface area contributed by atoms with Gasteiger partial charge in [-0.2, -0.15) is 0 Å². The summed E-state index contributed by atoms with van der Waals surface area (Å²) in [4.78, 5) is 47.7. The van der Waals surface area contributed by atoms with Crippen LogP contribution in [0.25, 0.3) is 0 Å². The molecule has 0 fully saturated rings. The second kappa shape index (κ2) is 25.5. The summed E-state index contributed by atoms with van der Waals surface area (Å²) in [6, 6.07) is 18.9. The normalized spacial score (nSPS) is 13.1. The van der Waals surface area contributed by atoms with E-state index in [1.54, 1.807) is 24.3 Å². The quantitative estimate of drug-likeness (QED) is 0.0363. The molecule has 0 bridgehead atoms. The highest BCUT2D eigenvalue weighted by molar-refractivity contribution is 5.88. The van der Waals surface area contributed by atoms with Crippen molar-refractivity contribution in [1.29, 1.82) is 0 Å². The molecule has 63 heavy (non-hydrogen) atoms. The summed E-state index contributed by atoms with van der Waals surface area (Å²) in [6.07, 6.45) is -4.96. The Morgan fingerprint density at radius 2 is 0.746 bits per heavy atom. The van der Waals surface area contributed by atoms with E-state index in [0.29, 0.717) is 11.1 Å². The lowest BCUT2D eigenvalue weighted by molar-refractivity contribution is -0.143. The van der Waals surface area contributed by atoms with Crippen LogP contribution in [0, 0.1) is 0 Å². The molecule has 3 aromatic carbocycles. The highest BCUT2D eigenvalue weighted by atomic mass is 16.6. The van der Waals surface area contributed by atoms with Gasteiger partial charge in [-0.25, -0.2) is 19.2 Å². The molecule has 0 aliphatic heterocycles. The van der Waals surface area contributed by atoms with E-state index in [4.69, 9.17) is 37.9 Å². The summed E-state index contributed by atoms with van der Waals surface area (Å²) in [5, 5.41) is 42.5. The van der Waals surface area contributed by atoms with Crippen molar-refractivity contribution in [3.05, 3.63) is 132 Å². The van der Waals surface area contributed by atoms with Gasteiger partial charge in [0.25, 0.3) is 0 Å². The van der Waals surface area contributed by atoms with Crippen molar-refractivity contribution in [2.24, 2.45) is 0 Å². The molecule has 0 radical (unpaired) electrons. The van der Waals surface area contributed by atoms with Gasteiger partial charge in [-0.1, -0.05) is 68.8 Å². The molecule has 4 unspecified atom stereocenters. The van der Waals surface area contributed by atoms with Crippen molar-refractivity contribution in [1.82, 2.24) is 0 Å². The standard InChI is InChI=1S/C47H56O16/c1-28(2)44(52)60-24-33(48)20-56-37-14-16-39(41(18-37)58-22-35(50)26-62-46(54)30(5)6)43(32-12-10-9-11-13-32)40-17-15-38(57-21-34(49)25-61-45(53)29(3)4)19-42(40)59-23-36(51)27-63-47(55)31(7)8/h9-19,33-36,43,48-51H,1,3,5,7,20-27H2,2,4,6,8H3. The Hall–Kier alpha value is -6.46. The van der Waals surface area contributed by atoms with Gasteiger partial charge in [0.05, 0.1) is 0 Å². The molecule has 16 nitrogen and oxygen atoms in total. The van der Waals surface area contributed by atoms with Crippen LogP contribution < -0.4 is 18.9 Å². The molecule has 16 heteroatoms. The monoisotopic (exact) mass is 876 g/mol. The predicted molar refractivity (Wildman–Crippen MR) is 229 cm³/mol. The van der Waals surface area contributed by atoms with Crippen molar-refractivity contribution in [2.45, 2.75) is 58.0 Å². The number of hydrogen-bond donors (Lipinski definition) is 4. The fraction of sp³-hybridized carbons (Fsp3) is 0.362. The van der Waals surface area contributed by atoms with Crippen LogP contribution in [0.4, 0.5) is 0 Å². The van der Waals surface area contributed by atoms with Crippen LogP contribution in [-0.2, 0) is 38.1 Å². The van der Waals surface area contributed by atoms with Gasteiger partial charge in [0, 0.05) is 51.5 Å². The van der Waals surface area contributed by atoms with Gasteiger partial charge in [-0.05, 0) is 45.4 Å². The minimum absolute atomic E-state index is 0.146. The Balaban J connectivity index is 2.08. The van der Waals surface area contributed by atoms with Crippen LogP contribution in [-0.4, -0.2) is 122 Å². The van der Waals surface area contributed by atoms with Gasteiger partial charge < -0.3 is 58.3 Å². The minimum Gasteiger partial charge on any atom is -0.491 e. The van der Waals surface area contributed by atoms with Crippen molar-refractivity contribution in [3.8, 4) is 23.0 Å². The zero-order valence-electron chi connectivity index (χ0n) is 35.9. The van der Waals surface area contributed by atoms with E-state index in [2.05, 4.69) is 26.3 Å². The first-order valence-corrected chi connectivity index (χ1v) is 19.7. The van der Waals surface area contributed by atoms with Gasteiger partial charge in [-0.15, -0.1) is 0 Å². The maximum Gasteiger partial charge on any atom is 0.333 e. The van der Waals surface area contributed by atoms with Crippen LogP contribution in [0.2, 0.25) is 0 Å². The number of aliphatic hydroxyl groups excluding tert-OH is 4. The van der Waals surface area contributed by atoms with Crippen molar-refractivity contribution in [3.63, 3.8) is 0 Å². The molecule has 0 aromatic heterocycles. The Labute approximate surface area is 366 Å². The number of esters is 4. The number of aliphatic hydroxyl groups is 4. The Bertz CT molecular complexity index is 1950. The van der Waals surface area contributed by atoms with E-state index < -0.39 is 67.4 Å². The number of carbonyl (C=O) groups excluding carboxylic acids is 4.